The Morgan fingerprint density at radius 3 is 2.12 bits per heavy atom. The van der Waals surface area contributed by atoms with E-state index in [2.05, 4.69) is 20.8 Å². The summed E-state index contributed by atoms with van der Waals surface area (Å²) in [6.07, 6.45) is 8.35. The van der Waals surface area contributed by atoms with E-state index >= 15 is 0 Å². The zero-order valence-electron chi connectivity index (χ0n) is 11.2. The molecule has 0 spiro atoms. The van der Waals surface area contributed by atoms with Gasteiger partial charge in [-0.2, -0.15) is 0 Å². The molecule has 0 saturated heterocycles. The average Bonchev–Trinajstić information content (AvgIpc) is 2.53. The number of nitrogens with two attached hydrogens (primary N) is 1. The van der Waals surface area contributed by atoms with Gasteiger partial charge in [0.15, 0.2) is 0 Å². The summed E-state index contributed by atoms with van der Waals surface area (Å²) >= 11 is 0. The standard InChI is InChI=1S/C14H29NO/c1-4-16-14(11(2)3)13(15)12-9-7-5-6-8-10-12/h11-14H,4-10,15H2,1-3H3. The number of hydrogen-bond donors (Lipinski definition) is 1. The Morgan fingerprint density at radius 2 is 1.69 bits per heavy atom. The third-order valence-electron chi connectivity index (χ3n) is 3.84. The molecule has 0 aromatic carbocycles. The molecule has 2 nitrogen and oxygen atoms in total. The molecule has 0 amide bonds. The van der Waals surface area contributed by atoms with Gasteiger partial charge in [-0.3, -0.25) is 0 Å². The SMILES string of the molecule is CCOC(C(C)C)C(N)C1CCCCCC1. The van der Waals surface area contributed by atoms with Crippen LogP contribution in [0.25, 0.3) is 0 Å². The minimum absolute atomic E-state index is 0.234. The van der Waals surface area contributed by atoms with Gasteiger partial charge in [-0.05, 0) is 31.6 Å². The van der Waals surface area contributed by atoms with Crippen molar-refractivity contribution in [2.24, 2.45) is 17.6 Å². The molecule has 2 heteroatoms. The second-order valence-electron chi connectivity index (χ2n) is 5.49. The van der Waals surface area contributed by atoms with Gasteiger partial charge in [-0.25, -0.2) is 0 Å². The Labute approximate surface area is 101 Å². The van der Waals surface area contributed by atoms with Crippen LogP contribution in [0.1, 0.15) is 59.3 Å². The summed E-state index contributed by atoms with van der Waals surface area (Å²) in [5, 5.41) is 0. The van der Waals surface area contributed by atoms with E-state index < -0.39 is 0 Å². The Morgan fingerprint density at radius 1 is 1.12 bits per heavy atom. The highest BCUT2D eigenvalue weighted by Gasteiger charge is 2.29. The van der Waals surface area contributed by atoms with E-state index in [0.29, 0.717) is 11.8 Å². The first-order chi connectivity index (χ1) is 7.66. The van der Waals surface area contributed by atoms with E-state index in [1.165, 1.54) is 38.5 Å². The van der Waals surface area contributed by atoms with Crippen LogP contribution in [0, 0.1) is 11.8 Å². The third kappa shape index (κ3) is 4.06. The van der Waals surface area contributed by atoms with E-state index in [1.807, 2.05) is 0 Å². The van der Waals surface area contributed by atoms with Gasteiger partial charge in [0.05, 0.1) is 6.10 Å². The van der Waals surface area contributed by atoms with Crippen LogP contribution < -0.4 is 5.73 Å². The van der Waals surface area contributed by atoms with Gasteiger partial charge in [-0.15, -0.1) is 0 Å². The van der Waals surface area contributed by atoms with E-state index in [1.54, 1.807) is 0 Å². The van der Waals surface area contributed by atoms with E-state index in [4.69, 9.17) is 10.5 Å². The first-order valence-electron chi connectivity index (χ1n) is 7.04. The van der Waals surface area contributed by atoms with Crippen LogP contribution in [0.3, 0.4) is 0 Å². The molecular formula is C14H29NO. The first-order valence-corrected chi connectivity index (χ1v) is 7.04. The summed E-state index contributed by atoms with van der Waals surface area (Å²) < 4.78 is 5.83. The van der Waals surface area contributed by atoms with Crippen molar-refractivity contribution in [2.75, 3.05) is 6.61 Å². The fourth-order valence-electron chi connectivity index (χ4n) is 2.90. The lowest BCUT2D eigenvalue weighted by molar-refractivity contribution is -0.00297. The van der Waals surface area contributed by atoms with Crippen LogP contribution in [0.15, 0.2) is 0 Å². The highest BCUT2D eigenvalue weighted by Crippen LogP contribution is 2.28. The van der Waals surface area contributed by atoms with Crippen molar-refractivity contribution < 1.29 is 4.74 Å². The summed E-state index contributed by atoms with van der Waals surface area (Å²) in [6.45, 7) is 7.28. The molecule has 0 aromatic rings. The normalized spacial score (nSPS) is 23.1. The van der Waals surface area contributed by atoms with Crippen LogP contribution in [0.2, 0.25) is 0 Å². The molecule has 2 unspecified atom stereocenters. The second kappa shape index (κ2) is 7.29. The molecule has 1 aliphatic rings. The Hall–Kier alpha value is -0.0800. The smallest absolute Gasteiger partial charge is 0.0751 e. The maximum absolute atomic E-state index is 6.42. The maximum Gasteiger partial charge on any atom is 0.0751 e. The molecule has 0 aliphatic heterocycles. The Kier molecular flexibility index (Phi) is 6.37. The lowest BCUT2D eigenvalue weighted by Gasteiger charge is -2.32. The van der Waals surface area contributed by atoms with Gasteiger partial charge >= 0.3 is 0 Å². The summed E-state index contributed by atoms with van der Waals surface area (Å²) in [6, 6.07) is 0.234. The molecule has 1 saturated carbocycles. The molecule has 16 heavy (non-hydrogen) atoms. The second-order valence-corrected chi connectivity index (χ2v) is 5.49. The van der Waals surface area contributed by atoms with Crippen molar-refractivity contribution >= 4 is 0 Å². The summed E-state index contributed by atoms with van der Waals surface area (Å²) in [4.78, 5) is 0. The lowest BCUT2D eigenvalue weighted by Crippen LogP contribution is -2.45. The minimum atomic E-state index is 0.234. The van der Waals surface area contributed by atoms with Crippen molar-refractivity contribution in [3.63, 3.8) is 0 Å². The summed E-state index contributed by atoms with van der Waals surface area (Å²) in [5.74, 6) is 1.21. The largest absolute Gasteiger partial charge is 0.377 e. The van der Waals surface area contributed by atoms with Gasteiger partial charge in [0, 0.05) is 12.6 Å². The minimum Gasteiger partial charge on any atom is -0.377 e. The fraction of sp³-hybridized carbons (Fsp3) is 1.00. The quantitative estimate of drug-likeness (QED) is 0.731. The molecule has 0 heterocycles. The van der Waals surface area contributed by atoms with Gasteiger partial charge in [0.2, 0.25) is 0 Å². The van der Waals surface area contributed by atoms with Crippen LogP contribution in [-0.2, 0) is 4.74 Å². The molecule has 2 atom stereocenters. The summed E-state index contributed by atoms with van der Waals surface area (Å²) in [5.41, 5.74) is 6.42. The topological polar surface area (TPSA) is 35.2 Å². The molecule has 2 N–H and O–H groups in total. The molecule has 0 radical (unpaired) electrons. The number of rotatable bonds is 5. The molecule has 96 valence electrons. The van der Waals surface area contributed by atoms with Crippen molar-refractivity contribution in [1.82, 2.24) is 0 Å². The fourth-order valence-corrected chi connectivity index (χ4v) is 2.90. The predicted octanol–water partition coefficient (Wildman–Crippen LogP) is 3.35. The predicted molar refractivity (Wildman–Crippen MR) is 69.4 cm³/mol. The van der Waals surface area contributed by atoms with Crippen molar-refractivity contribution in [1.29, 1.82) is 0 Å². The highest BCUT2D eigenvalue weighted by molar-refractivity contribution is 4.84. The van der Waals surface area contributed by atoms with E-state index in [9.17, 15) is 0 Å². The van der Waals surface area contributed by atoms with Gasteiger partial charge in [0.1, 0.15) is 0 Å². The van der Waals surface area contributed by atoms with Crippen LogP contribution >= 0.6 is 0 Å². The zero-order chi connectivity index (χ0) is 12.0. The van der Waals surface area contributed by atoms with Crippen molar-refractivity contribution in [3.8, 4) is 0 Å². The van der Waals surface area contributed by atoms with Crippen molar-refractivity contribution in [2.45, 2.75) is 71.4 Å². The van der Waals surface area contributed by atoms with Gasteiger partial charge in [0.25, 0.3) is 0 Å². The monoisotopic (exact) mass is 227 g/mol. The van der Waals surface area contributed by atoms with E-state index in [-0.39, 0.29) is 12.1 Å². The molecule has 1 aliphatic carbocycles. The molecule has 1 rings (SSSR count). The lowest BCUT2D eigenvalue weighted by atomic mass is 9.85. The van der Waals surface area contributed by atoms with Crippen LogP contribution in [0.5, 0.6) is 0 Å². The van der Waals surface area contributed by atoms with Gasteiger partial charge in [-0.1, -0.05) is 39.5 Å². The van der Waals surface area contributed by atoms with E-state index in [0.717, 1.165) is 6.61 Å². The average molecular weight is 227 g/mol. The Balaban J connectivity index is 2.53. The molecule has 0 aromatic heterocycles. The van der Waals surface area contributed by atoms with Crippen LogP contribution in [-0.4, -0.2) is 18.8 Å². The van der Waals surface area contributed by atoms with Crippen molar-refractivity contribution in [3.05, 3.63) is 0 Å². The highest BCUT2D eigenvalue weighted by atomic mass is 16.5. The Bertz CT molecular complexity index is 174. The molecular weight excluding hydrogens is 198 g/mol. The van der Waals surface area contributed by atoms with Crippen LogP contribution in [0.4, 0.5) is 0 Å². The maximum atomic E-state index is 6.42. The molecule has 0 bridgehead atoms. The summed E-state index contributed by atoms with van der Waals surface area (Å²) in [7, 11) is 0. The third-order valence-corrected chi connectivity index (χ3v) is 3.84. The molecule has 1 fully saturated rings. The number of hydrogen-bond acceptors (Lipinski definition) is 2. The first kappa shape index (κ1) is 14.0. The van der Waals surface area contributed by atoms with Gasteiger partial charge < -0.3 is 10.5 Å². The number of ether oxygens (including phenoxy) is 1. The zero-order valence-corrected chi connectivity index (χ0v) is 11.2.